The first-order valence-electron chi connectivity index (χ1n) is 9.07. The summed E-state index contributed by atoms with van der Waals surface area (Å²) in [5.41, 5.74) is 2.42. The molecule has 1 fully saturated rings. The summed E-state index contributed by atoms with van der Waals surface area (Å²) in [7, 11) is 0. The van der Waals surface area contributed by atoms with Crippen LogP contribution in [0.1, 0.15) is 5.56 Å². The zero-order valence-electron chi connectivity index (χ0n) is 14.8. The Hall–Kier alpha value is -2.02. The Bertz CT molecular complexity index is 739. The van der Waals surface area contributed by atoms with Crippen molar-refractivity contribution in [1.29, 1.82) is 0 Å². The van der Waals surface area contributed by atoms with Crippen molar-refractivity contribution in [3.05, 3.63) is 54.1 Å². The van der Waals surface area contributed by atoms with Gasteiger partial charge >= 0.3 is 0 Å². The van der Waals surface area contributed by atoms with Crippen LogP contribution in [0.3, 0.4) is 0 Å². The van der Waals surface area contributed by atoms with Crippen LogP contribution in [-0.4, -0.2) is 50.3 Å². The normalized spacial score (nSPS) is 17.6. The Labute approximate surface area is 158 Å². The number of anilines is 1. The maximum atomic E-state index is 5.41. The smallest absolute Gasteiger partial charge is 0.195 e. The van der Waals surface area contributed by atoms with Gasteiger partial charge in [0.15, 0.2) is 5.96 Å². The van der Waals surface area contributed by atoms with Gasteiger partial charge in [0.2, 0.25) is 0 Å². The minimum Gasteiger partial charge on any atom is -0.379 e. The van der Waals surface area contributed by atoms with E-state index >= 15 is 0 Å². The molecule has 5 nitrogen and oxygen atoms in total. The summed E-state index contributed by atoms with van der Waals surface area (Å²) in [5.74, 6) is 0.862. The lowest BCUT2D eigenvalue weighted by Crippen LogP contribution is -2.35. The molecular weight excluding hydrogens is 344 g/mol. The van der Waals surface area contributed by atoms with E-state index in [0.29, 0.717) is 0 Å². The number of morpholine rings is 1. The second kappa shape index (κ2) is 8.58. The van der Waals surface area contributed by atoms with Crippen LogP contribution < -0.4 is 10.6 Å². The standard InChI is InChI=1S/C20H24N4OS/c1-5-18(6-2-16(1)15-24-11-13-25-14-12-24)26-19-7-3-17(4-8-19)23-20-21-9-10-22-20/h1-8H,9-15H2,(H2,21,22,23). The van der Waals surface area contributed by atoms with Crippen LogP contribution in [-0.2, 0) is 11.3 Å². The lowest BCUT2D eigenvalue weighted by atomic mass is 10.2. The lowest BCUT2D eigenvalue weighted by molar-refractivity contribution is 0.0342. The molecule has 26 heavy (non-hydrogen) atoms. The quantitative estimate of drug-likeness (QED) is 0.850. The number of guanidine groups is 1. The van der Waals surface area contributed by atoms with Crippen molar-refractivity contribution < 1.29 is 4.74 Å². The first-order valence-corrected chi connectivity index (χ1v) is 9.89. The van der Waals surface area contributed by atoms with Crippen LogP contribution >= 0.6 is 11.8 Å². The first kappa shape index (κ1) is 17.4. The molecule has 0 aliphatic carbocycles. The molecule has 136 valence electrons. The van der Waals surface area contributed by atoms with Crippen LogP contribution in [0.25, 0.3) is 0 Å². The fourth-order valence-corrected chi connectivity index (χ4v) is 3.86. The molecule has 0 bridgehead atoms. The van der Waals surface area contributed by atoms with Crippen LogP contribution in [0.15, 0.2) is 63.3 Å². The minimum absolute atomic E-state index is 0.845. The molecule has 2 aliphatic heterocycles. The van der Waals surface area contributed by atoms with E-state index in [4.69, 9.17) is 4.74 Å². The van der Waals surface area contributed by atoms with E-state index in [1.54, 1.807) is 11.8 Å². The lowest BCUT2D eigenvalue weighted by Gasteiger charge is -2.26. The summed E-state index contributed by atoms with van der Waals surface area (Å²) in [6, 6.07) is 17.4. The third kappa shape index (κ3) is 4.78. The van der Waals surface area contributed by atoms with E-state index in [2.05, 4.69) is 69.1 Å². The molecule has 0 atom stereocenters. The summed E-state index contributed by atoms with van der Waals surface area (Å²) in [4.78, 5) is 9.29. The molecule has 6 heteroatoms. The number of nitrogens with zero attached hydrogens (tertiary/aromatic N) is 2. The van der Waals surface area contributed by atoms with Gasteiger partial charge in [0.25, 0.3) is 0 Å². The minimum atomic E-state index is 0.845. The molecule has 2 aliphatic rings. The van der Waals surface area contributed by atoms with E-state index in [0.717, 1.165) is 57.6 Å². The summed E-state index contributed by atoms with van der Waals surface area (Å²) in [6.45, 7) is 6.52. The second-order valence-corrected chi connectivity index (χ2v) is 7.59. The van der Waals surface area contributed by atoms with Crippen LogP contribution in [0.4, 0.5) is 5.69 Å². The fourth-order valence-electron chi connectivity index (χ4n) is 3.04. The Morgan fingerprint density at radius 1 is 1.00 bits per heavy atom. The molecular formula is C20H24N4OS. The number of hydrogen-bond donors (Lipinski definition) is 2. The largest absolute Gasteiger partial charge is 0.379 e. The van der Waals surface area contributed by atoms with Gasteiger partial charge in [-0.25, -0.2) is 0 Å². The maximum Gasteiger partial charge on any atom is 0.195 e. The summed E-state index contributed by atoms with van der Waals surface area (Å²) < 4.78 is 5.41. The summed E-state index contributed by atoms with van der Waals surface area (Å²) >= 11 is 1.79. The third-order valence-electron chi connectivity index (χ3n) is 4.46. The molecule has 0 aromatic heterocycles. The summed E-state index contributed by atoms with van der Waals surface area (Å²) in [5, 5.41) is 6.51. The summed E-state index contributed by atoms with van der Waals surface area (Å²) in [6.07, 6.45) is 0. The molecule has 2 heterocycles. The number of hydrogen-bond acceptors (Lipinski definition) is 6. The topological polar surface area (TPSA) is 48.9 Å². The SMILES string of the molecule is c1cc(Sc2ccc(NC3=NCCN3)cc2)ccc1CN1CCOCC1. The van der Waals surface area contributed by atoms with Gasteiger partial charge in [-0.1, -0.05) is 23.9 Å². The van der Waals surface area contributed by atoms with Crippen LogP contribution in [0, 0.1) is 0 Å². The molecule has 2 N–H and O–H groups in total. The molecule has 1 saturated heterocycles. The number of rotatable bonds is 5. The first-order chi connectivity index (χ1) is 12.8. The number of ether oxygens (including phenoxy) is 1. The molecule has 2 aromatic carbocycles. The van der Waals surface area contributed by atoms with Gasteiger partial charge in [-0.05, 0) is 42.0 Å². The molecule has 0 amide bonds. The van der Waals surface area contributed by atoms with Gasteiger partial charge in [0.05, 0.1) is 19.8 Å². The molecule has 2 aromatic rings. The Kier molecular flexibility index (Phi) is 5.74. The van der Waals surface area contributed by atoms with Gasteiger partial charge in [0, 0.05) is 41.7 Å². The van der Waals surface area contributed by atoms with Gasteiger partial charge in [-0.3, -0.25) is 9.89 Å². The van der Waals surface area contributed by atoms with E-state index in [1.807, 2.05) is 0 Å². The van der Waals surface area contributed by atoms with Crippen molar-refractivity contribution in [2.24, 2.45) is 4.99 Å². The number of aliphatic imine (C=N–C) groups is 1. The highest BCUT2D eigenvalue weighted by Gasteiger charge is 2.10. The molecule has 4 rings (SSSR count). The van der Waals surface area contributed by atoms with Crippen molar-refractivity contribution in [3.63, 3.8) is 0 Å². The second-order valence-electron chi connectivity index (χ2n) is 6.44. The van der Waals surface area contributed by atoms with Crippen LogP contribution in [0.2, 0.25) is 0 Å². The monoisotopic (exact) mass is 368 g/mol. The van der Waals surface area contributed by atoms with Gasteiger partial charge in [-0.2, -0.15) is 0 Å². The van der Waals surface area contributed by atoms with Gasteiger partial charge in [0.1, 0.15) is 0 Å². The predicted octanol–water partition coefficient (Wildman–Crippen LogP) is 3.04. The fraction of sp³-hybridized carbons (Fsp3) is 0.350. The number of benzene rings is 2. The zero-order chi connectivity index (χ0) is 17.6. The van der Waals surface area contributed by atoms with Crippen molar-refractivity contribution in [3.8, 4) is 0 Å². The molecule has 0 saturated carbocycles. The zero-order valence-corrected chi connectivity index (χ0v) is 15.6. The predicted molar refractivity (Wildman–Crippen MR) is 107 cm³/mol. The number of nitrogens with one attached hydrogen (secondary N) is 2. The van der Waals surface area contributed by atoms with Gasteiger partial charge in [-0.15, -0.1) is 0 Å². The Morgan fingerprint density at radius 3 is 2.35 bits per heavy atom. The maximum absolute atomic E-state index is 5.41. The molecule has 0 unspecified atom stereocenters. The molecule has 0 spiro atoms. The van der Waals surface area contributed by atoms with E-state index in [1.165, 1.54) is 15.4 Å². The van der Waals surface area contributed by atoms with Crippen LogP contribution in [0.5, 0.6) is 0 Å². The third-order valence-corrected chi connectivity index (χ3v) is 5.48. The highest BCUT2D eigenvalue weighted by molar-refractivity contribution is 7.99. The highest BCUT2D eigenvalue weighted by Crippen LogP contribution is 2.29. The molecule has 0 radical (unpaired) electrons. The van der Waals surface area contributed by atoms with Crippen molar-refractivity contribution in [2.75, 3.05) is 44.7 Å². The van der Waals surface area contributed by atoms with E-state index in [9.17, 15) is 0 Å². The average molecular weight is 369 g/mol. The van der Waals surface area contributed by atoms with Crippen molar-refractivity contribution in [1.82, 2.24) is 10.2 Å². The van der Waals surface area contributed by atoms with Crippen molar-refractivity contribution >= 4 is 23.4 Å². The highest BCUT2D eigenvalue weighted by atomic mass is 32.2. The average Bonchev–Trinajstić information content (AvgIpc) is 3.19. The van der Waals surface area contributed by atoms with E-state index < -0.39 is 0 Å². The van der Waals surface area contributed by atoms with Gasteiger partial charge < -0.3 is 15.4 Å². The van der Waals surface area contributed by atoms with Crippen molar-refractivity contribution in [2.45, 2.75) is 16.3 Å². The van der Waals surface area contributed by atoms with E-state index in [-0.39, 0.29) is 0 Å². The Morgan fingerprint density at radius 2 is 1.69 bits per heavy atom. The Balaban J connectivity index is 1.31.